The van der Waals surface area contributed by atoms with Crippen LogP contribution in [0.4, 0.5) is 24.5 Å². The highest BCUT2D eigenvalue weighted by atomic mass is 32.2. The number of hydrogen-bond acceptors (Lipinski definition) is 4. The van der Waals surface area contributed by atoms with E-state index in [-0.39, 0.29) is 21.5 Å². The largest absolute Gasteiger partial charge is 0.418 e. The third-order valence-corrected chi connectivity index (χ3v) is 5.74. The molecule has 5 nitrogen and oxygen atoms in total. The average Bonchev–Trinajstić information content (AvgIpc) is 3.07. The smallest absolute Gasteiger partial charge is 0.384 e. The van der Waals surface area contributed by atoms with Crippen molar-refractivity contribution in [1.82, 2.24) is 4.98 Å². The molecule has 0 saturated heterocycles. The van der Waals surface area contributed by atoms with Gasteiger partial charge in [0.1, 0.15) is 0 Å². The molecule has 0 atom stereocenters. The van der Waals surface area contributed by atoms with E-state index in [1.807, 2.05) is 0 Å². The number of benzene rings is 2. The minimum Gasteiger partial charge on any atom is -0.384 e. The highest BCUT2D eigenvalue weighted by Gasteiger charge is 2.33. The van der Waals surface area contributed by atoms with Crippen LogP contribution in [0.2, 0.25) is 0 Å². The normalized spacial score (nSPS) is 14.0. The van der Waals surface area contributed by atoms with Gasteiger partial charge in [0.2, 0.25) is 0 Å². The second kappa shape index (κ2) is 6.12. The molecule has 0 saturated carbocycles. The average molecular weight is 393 g/mol. The van der Waals surface area contributed by atoms with Crippen molar-refractivity contribution in [2.75, 3.05) is 16.6 Å². The monoisotopic (exact) mass is 393 g/mol. The first kappa shape index (κ1) is 17.6. The van der Waals surface area contributed by atoms with Crippen LogP contribution in [0.5, 0.6) is 0 Å². The Kier molecular flexibility index (Phi) is 3.99. The number of alkyl halides is 3. The third kappa shape index (κ3) is 3.30. The predicted octanol–water partition coefficient (Wildman–Crippen LogP) is 4.02. The van der Waals surface area contributed by atoms with E-state index in [2.05, 4.69) is 15.0 Å². The molecule has 4 rings (SSSR count). The number of hydrogen-bond donors (Lipinski definition) is 2. The van der Waals surface area contributed by atoms with Gasteiger partial charge in [-0.05, 0) is 42.3 Å². The van der Waals surface area contributed by atoms with Gasteiger partial charge in [0.05, 0.1) is 27.9 Å². The highest BCUT2D eigenvalue weighted by molar-refractivity contribution is 7.92. The number of halogens is 3. The van der Waals surface area contributed by atoms with Crippen molar-refractivity contribution in [3.63, 3.8) is 0 Å². The lowest BCUT2D eigenvalue weighted by Gasteiger charge is -2.12. The zero-order chi connectivity index (χ0) is 19.2. The Balaban J connectivity index is 1.69. The summed E-state index contributed by atoms with van der Waals surface area (Å²) in [7, 11) is -3.88. The fraction of sp³-hybridized carbons (Fsp3) is 0.167. The van der Waals surface area contributed by atoms with Crippen LogP contribution in [0.15, 0.2) is 53.6 Å². The van der Waals surface area contributed by atoms with E-state index in [1.165, 1.54) is 24.3 Å². The van der Waals surface area contributed by atoms with Crippen molar-refractivity contribution in [3.05, 3.63) is 59.8 Å². The maximum absolute atomic E-state index is 13.1. The standard InChI is InChI=1S/C18H14F3N3O2S/c19-18(20,21)15-3-1-2-12-8-13(10-23-17(12)15)24-27(25,26)14-4-5-16-11(9-14)6-7-22-16/h1-5,8-10,22,24H,6-7H2. The van der Waals surface area contributed by atoms with Gasteiger partial charge in [-0.15, -0.1) is 0 Å². The Morgan fingerprint density at radius 1 is 1.11 bits per heavy atom. The Labute approximate surface area is 153 Å². The molecule has 0 amide bonds. The second-order valence-corrected chi connectivity index (χ2v) is 7.88. The van der Waals surface area contributed by atoms with Crippen molar-refractivity contribution in [2.24, 2.45) is 0 Å². The van der Waals surface area contributed by atoms with E-state index in [0.717, 1.165) is 36.5 Å². The summed E-state index contributed by atoms with van der Waals surface area (Å²) in [6.07, 6.45) is -2.72. The van der Waals surface area contributed by atoms with E-state index in [4.69, 9.17) is 0 Å². The van der Waals surface area contributed by atoms with Gasteiger partial charge in [-0.3, -0.25) is 9.71 Å². The molecule has 0 fully saturated rings. The molecule has 1 aromatic heterocycles. The zero-order valence-corrected chi connectivity index (χ0v) is 14.7. The predicted molar refractivity (Wildman–Crippen MR) is 96.2 cm³/mol. The Morgan fingerprint density at radius 2 is 1.93 bits per heavy atom. The van der Waals surface area contributed by atoms with E-state index < -0.39 is 21.8 Å². The summed E-state index contributed by atoms with van der Waals surface area (Å²) in [5.74, 6) is 0. The van der Waals surface area contributed by atoms with E-state index >= 15 is 0 Å². The van der Waals surface area contributed by atoms with Gasteiger partial charge >= 0.3 is 6.18 Å². The van der Waals surface area contributed by atoms with Crippen LogP contribution in [-0.2, 0) is 22.6 Å². The van der Waals surface area contributed by atoms with Crippen LogP contribution in [0.1, 0.15) is 11.1 Å². The maximum Gasteiger partial charge on any atom is 0.418 e. The number of para-hydroxylation sites is 1. The molecule has 0 bridgehead atoms. The lowest BCUT2D eigenvalue weighted by Crippen LogP contribution is -2.13. The number of anilines is 2. The number of nitrogens with one attached hydrogen (secondary N) is 2. The number of pyridine rings is 1. The molecule has 1 aliphatic heterocycles. The topological polar surface area (TPSA) is 71.1 Å². The summed E-state index contributed by atoms with van der Waals surface area (Å²) in [4.78, 5) is 3.92. The summed E-state index contributed by atoms with van der Waals surface area (Å²) in [6, 6.07) is 9.77. The molecular weight excluding hydrogens is 379 g/mol. The molecule has 2 heterocycles. The first-order chi connectivity index (χ1) is 12.7. The molecule has 3 aromatic rings. The molecule has 1 aliphatic rings. The molecular formula is C18H14F3N3O2S. The molecule has 27 heavy (non-hydrogen) atoms. The summed E-state index contributed by atoms with van der Waals surface area (Å²) < 4.78 is 66.8. The van der Waals surface area contributed by atoms with Gasteiger partial charge in [-0.25, -0.2) is 8.42 Å². The van der Waals surface area contributed by atoms with Crippen LogP contribution in [-0.4, -0.2) is 19.9 Å². The number of aromatic nitrogens is 1. The van der Waals surface area contributed by atoms with E-state index in [1.54, 1.807) is 12.1 Å². The summed E-state index contributed by atoms with van der Waals surface area (Å²) >= 11 is 0. The van der Waals surface area contributed by atoms with Crippen molar-refractivity contribution in [3.8, 4) is 0 Å². The number of fused-ring (bicyclic) bond motifs is 2. The minimum absolute atomic E-state index is 0.0917. The van der Waals surface area contributed by atoms with Crippen molar-refractivity contribution >= 4 is 32.3 Å². The van der Waals surface area contributed by atoms with Gasteiger partial charge in [0, 0.05) is 17.6 Å². The first-order valence-corrected chi connectivity index (χ1v) is 9.58. The molecule has 140 valence electrons. The quantitative estimate of drug-likeness (QED) is 0.705. The second-order valence-electron chi connectivity index (χ2n) is 6.20. The van der Waals surface area contributed by atoms with Crippen LogP contribution in [0.3, 0.4) is 0 Å². The SMILES string of the molecule is O=S(=O)(Nc1cnc2c(C(F)(F)F)cccc2c1)c1ccc2c(c1)CCN2. The van der Waals surface area contributed by atoms with E-state index in [0.29, 0.717) is 0 Å². The van der Waals surface area contributed by atoms with Crippen molar-refractivity contribution in [2.45, 2.75) is 17.5 Å². The van der Waals surface area contributed by atoms with Crippen molar-refractivity contribution in [1.29, 1.82) is 0 Å². The van der Waals surface area contributed by atoms with Crippen LogP contribution in [0.25, 0.3) is 10.9 Å². The molecule has 2 N–H and O–H groups in total. The lowest BCUT2D eigenvalue weighted by atomic mass is 10.1. The van der Waals surface area contributed by atoms with Crippen LogP contribution in [0, 0.1) is 0 Å². The summed E-state index contributed by atoms with van der Waals surface area (Å²) in [5, 5.41) is 3.35. The first-order valence-electron chi connectivity index (χ1n) is 8.10. The third-order valence-electron chi connectivity index (χ3n) is 4.37. The van der Waals surface area contributed by atoms with Gasteiger partial charge in [0.15, 0.2) is 0 Å². The van der Waals surface area contributed by atoms with E-state index in [9.17, 15) is 21.6 Å². The van der Waals surface area contributed by atoms with Gasteiger partial charge in [-0.2, -0.15) is 13.2 Å². The molecule has 0 radical (unpaired) electrons. The molecule has 9 heteroatoms. The zero-order valence-electron chi connectivity index (χ0n) is 13.8. The number of rotatable bonds is 3. The summed E-state index contributed by atoms with van der Waals surface area (Å²) in [6.45, 7) is 0.752. The van der Waals surface area contributed by atoms with Crippen LogP contribution >= 0.6 is 0 Å². The number of nitrogens with zero attached hydrogens (tertiary/aromatic N) is 1. The van der Waals surface area contributed by atoms with Crippen LogP contribution < -0.4 is 10.0 Å². The Morgan fingerprint density at radius 3 is 2.70 bits per heavy atom. The molecule has 2 aromatic carbocycles. The van der Waals surface area contributed by atoms with Crippen molar-refractivity contribution < 1.29 is 21.6 Å². The number of sulfonamides is 1. The molecule has 0 unspecified atom stereocenters. The van der Waals surface area contributed by atoms with Gasteiger partial charge < -0.3 is 5.32 Å². The highest BCUT2D eigenvalue weighted by Crippen LogP contribution is 2.34. The maximum atomic E-state index is 13.1. The Hall–Kier alpha value is -2.81. The minimum atomic E-state index is -4.54. The fourth-order valence-electron chi connectivity index (χ4n) is 3.11. The lowest BCUT2D eigenvalue weighted by molar-refractivity contribution is -0.136. The van der Waals surface area contributed by atoms with Gasteiger partial charge in [0.25, 0.3) is 10.0 Å². The molecule has 0 spiro atoms. The fourth-order valence-corrected chi connectivity index (χ4v) is 4.19. The van der Waals surface area contributed by atoms with Gasteiger partial charge in [-0.1, -0.05) is 12.1 Å². The molecule has 0 aliphatic carbocycles. The Bertz CT molecular complexity index is 1140. The summed E-state index contributed by atoms with van der Waals surface area (Å²) in [5.41, 5.74) is 0.822.